The zero-order chi connectivity index (χ0) is 15.8. The van der Waals surface area contributed by atoms with Crippen LogP contribution in [0.4, 0.5) is 0 Å². The summed E-state index contributed by atoms with van der Waals surface area (Å²) in [7, 11) is 0. The van der Waals surface area contributed by atoms with Crippen molar-refractivity contribution in [1.82, 2.24) is 0 Å². The van der Waals surface area contributed by atoms with Crippen LogP contribution in [0.5, 0.6) is 0 Å². The smallest absolute Gasteiger partial charge is 0.0723 e. The highest BCUT2D eigenvalue weighted by atomic mass is 16.3. The third kappa shape index (κ3) is 15.3. The molecular weight excluding hydrogens is 260 g/mol. The molecule has 0 aliphatic carbocycles. The summed E-state index contributed by atoms with van der Waals surface area (Å²) < 4.78 is 0. The molecule has 0 heterocycles. The van der Waals surface area contributed by atoms with Crippen molar-refractivity contribution >= 4 is 0 Å². The van der Waals surface area contributed by atoms with Crippen LogP contribution >= 0.6 is 0 Å². The number of aliphatic hydroxyl groups is 2. The molecule has 21 heavy (non-hydrogen) atoms. The van der Waals surface area contributed by atoms with Crippen LogP contribution in [0.25, 0.3) is 0 Å². The predicted molar refractivity (Wildman–Crippen MR) is 92.3 cm³/mol. The second-order valence-corrected chi connectivity index (χ2v) is 5.67. The van der Waals surface area contributed by atoms with E-state index in [0.717, 1.165) is 44.9 Å². The minimum Gasteiger partial charge on any atom is -0.389 e. The van der Waals surface area contributed by atoms with Gasteiger partial charge < -0.3 is 10.2 Å². The average Bonchev–Trinajstić information content (AvgIpc) is 2.48. The molecule has 0 amide bonds. The Morgan fingerprint density at radius 2 is 1.48 bits per heavy atom. The Morgan fingerprint density at radius 1 is 0.857 bits per heavy atom. The largest absolute Gasteiger partial charge is 0.389 e. The Labute approximate surface area is 131 Å². The highest BCUT2D eigenvalue weighted by molar-refractivity contribution is 5.00. The molecule has 0 saturated carbocycles. The van der Waals surface area contributed by atoms with E-state index in [9.17, 15) is 10.2 Å². The van der Waals surface area contributed by atoms with E-state index in [0.29, 0.717) is 0 Å². The fraction of sp³-hybridized carbons (Fsp3) is 0.684. The van der Waals surface area contributed by atoms with Crippen LogP contribution in [-0.4, -0.2) is 22.4 Å². The minimum absolute atomic E-state index is 0.261. The number of rotatable bonds is 14. The number of hydrogen-bond acceptors (Lipinski definition) is 2. The number of hydrogen-bond donors (Lipinski definition) is 2. The zero-order valence-electron chi connectivity index (χ0n) is 13.7. The van der Waals surface area contributed by atoms with E-state index in [4.69, 9.17) is 0 Å². The summed E-state index contributed by atoms with van der Waals surface area (Å²) in [5.41, 5.74) is 0. The first kappa shape index (κ1) is 20.1. The summed E-state index contributed by atoms with van der Waals surface area (Å²) in [5.74, 6) is 0. The fourth-order valence-electron chi connectivity index (χ4n) is 2.23. The molecule has 0 fully saturated rings. The van der Waals surface area contributed by atoms with E-state index in [1.165, 1.54) is 19.3 Å². The molecule has 2 atom stereocenters. The lowest BCUT2D eigenvalue weighted by molar-refractivity contribution is 0.207. The van der Waals surface area contributed by atoms with Gasteiger partial charge in [-0.3, -0.25) is 0 Å². The lowest BCUT2D eigenvalue weighted by atomic mass is 10.1. The minimum atomic E-state index is -0.332. The molecule has 122 valence electrons. The Morgan fingerprint density at radius 3 is 2.14 bits per heavy atom. The van der Waals surface area contributed by atoms with Gasteiger partial charge in [0.2, 0.25) is 0 Å². The van der Waals surface area contributed by atoms with Crippen LogP contribution in [-0.2, 0) is 0 Å². The van der Waals surface area contributed by atoms with Crippen molar-refractivity contribution in [2.24, 2.45) is 0 Å². The van der Waals surface area contributed by atoms with Gasteiger partial charge >= 0.3 is 0 Å². The van der Waals surface area contributed by atoms with Crippen LogP contribution in [0.1, 0.15) is 71.1 Å². The van der Waals surface area contributed by atoms with Crippen LogP contribution < -0.4 is 0 Å². The van der Waals surface area contributed by atoms with Gasteiger partial charge in [0.25, 0.3) is 0 Å². The van der Waals surface area contributed by atoms with Crippen molar-refractivity contribution in [2.45, 2.75) is 83.3 Å². The summed E-state index contributed by atoms with van der Waals surface area (Å²) in [4.78, 5) is 0. The summed E-state index contributed by atoms with van der Waals surface area (Å²) in [5, 5.41) is 19.3. The van der Waals surface area contributed by atoms with Gasteiger partial charge in [-0.1, -0.05) is 82.4 Å². The highest BCUT2D eigenvalue weighted by Crippen LogP contribution is 2.09. The molecule has 2 nitrogen and oxygen atoms in total. The maximum Gasteiger partial charge on any atom is 0.0723 e. The van der Waals surface area contributed by atoms with E-state index in [1.54, 1.807) is 18.2 Å². The maximum atomic E-state index is 9.72. The van der Waals surface area contributed by atoms with Gasteiger partial charge in [0.15, 0.2) is 0 Å². The monoisotopic (exact) mass is 294 g/mol. The molecule has 0 aromatic rings. The normalized spacial score (nSPS) is 14.8. The van der Waals surface area contributed by atoms with Gasteiger partial charge in [0.1, 0.15) is 0 Å². The maximum absolute atomic E-state index is 9.72. The third-order valence-electron chi connectivity index (χ3n) is 3.55. The van der Waals surface area contributed by atoms with Crippen molar-refractivity contribution in [1.29, 1.82) is 0 Å². The average molecular weight is 294 g/mol. The summed E-state index contributed by atoms with van der Waals surface area (Å²) >= 11 is 0. The van der Waals surface area contributed by atoms with Crippen LogP contribution in [0, 0.1) is 0 Å². The summed E-state index contributed by atoms with van der Waals surface area (Å²) in [6, 6.07) is 0. The van der Waals surface area contributed by atoms with Gasteiger partial charge in [-0.05, 0) is 25.7 Å². The lowest BCUT2D eigenvalue weighted by Crippen LogP contribution is -2.01. The van der Waals surface area contributed by atoms with Gasteiger partial charge in [-0.2, -0.15) is 0 Å². The molecule has 2 N–H and O–H groups in total. The van der Waals surface area contributed by atoms with Crippen molar-refractivity contribution in [3.8, 4) is 0 Å². The van der Waals surface area contributed by atoms with Crippen molar-refractivity contribution in [3.63, 3.8) is 0 Å². The summed E-state index contributed by atoms with van der Waals surface area (Å²) in [6.45, 7) is 5.76. The lowest BCUT2D eigenvalue weighted by Gasteiger charge is -2.05. The molecule has 0 aliphatic rings. The topological polar surface area (TPSA) is 40.5 Å². The van der Waals surface area contributed by atoms with Crippen LogP contribution in [0.2, 0.25) is 0 Å². The van der Waals surface area contributed by atoms with Gasteiger partial charge in [-0.25, -0.2) is 0 Å². The first-order chi connectivity index (χ1) is 10.2. The Bertz CT molecular complexity index is 281. The van der Waals surface area contributed by atoms with Crippen molar-refractivity contribution in [2.75, 3.05) is 0 Å². The Hall–Kier alpha value is -0.860. The van der Waals surface area contributed by atoms with Gasteiger partial charge in [-0.15, -0.1) is 0 Å². The van der Waals surface area contributed by atoms with Crippen LogP contribution in [0.3, 0.4) is 0 Å². The number of aliphatic hydroxyl groups excluding tert-OH is 2. The molecule has 0 aromatic heterocycles. The molecule has 0 aromatic carbocycles. The summed E-state index contributed by atoms with van der Waals surface area (Å²) in [6.07, 6.45) is 19.6. The Kier molecular flexibility index (Phi) is 14.9. The third-order valence-corrected chi connectivity index (χ3v) is 3.55. The van der Waals surface area contributed by atoms with Crippen molar-refractivity contribution < 1.29 is 10.2 Å². The van der Waals surface area contributed by atoms with E-state index in [-0.39, 0.29) is 12.2 Å². The molecular formula is C19H34O2. The SMILES string of the molecule is C=C/C=C/C(O)CCCCCC/C=C/C(O)CCCCC. The molecule has 0 bridgehead atoms. The number of allylic oxidation sites excluding steroid dienone is 3. The zero-order valence-corrected chi connectivity index (χ0v) is 13.7. The van der Waals surface area contributed by atoms with E-state index in [2.05, 4.69) is 19.6 Å². The van der Waals surface area contributed by atoms with Gasteiger partial charge in [0.05, 0.1) is 12.2 Å². The second-order valence-electron chi connectivity index (χ2n) is 5.67. The molecule has 0 radical (unpaired) electrons. The quantitative estimate of drug-likeness (QED) is 0.271. The molecule has 0 rings (SSSR count). The fourth-order valence-corrected chi connectivity index (χ4v) is 2.23. The van der Waals surface area contributed by atoms with E-state index in [1.807, 2.05) is 6.08 Å². The highest BCUT2D eigenvalue weighted by Gasteiger charge is 1.99. The first-order valence-corrected chi connectivity index (χ1v) is 8.52. The predicted octanol–water partition coefficient (Wildman–Crippen LogP) is 4.93. The standard InChI is InChI=1S/C19H34O2/c1-3-5-11-15-19(21)17-13-10-8-7-9-12-16-18(20)14-6-4-2/h4,6,13-14,17-21H,2-3,5,7-12,15-16H2,1H3/b14-6+,17-13+. The molecule has 2 unspecified atom stereocenters. The van der Waals surface area contributed by atoms with Crippen molar-refractivity contribution in [3.05, 3.63) is 37.0 Å². The molecule has 2 heteroatoms. The second kappa shape index (κ2) is 15.5. The first-order valence-electron chi connectivity index (χ1n) is 8.52. The molecule has 0 spiro atoms. The molecule has 0 aliphatic heterocycles. The number of unbranched alkanes of at least 4 members (excludes halogenated alkanes) is 6. The Balaban J connectivity index is 3.38. The van der Waals surface area contributed by atoms with Crippen LogP contribution in [0.15, 0.2) is 37.0 Å². The van der Waals surface area contributed by atoms with Gasteiger partial charge in [0, 0.05) is 0 Å². The molecule has 0 saturated heterocycles. The van der Waals surface area contributed by atoms with E-state index >= 15 is 0 Å². The van der Waals surface area contributed by atoms with E-state index < -0.39 is 0 Å².